The maximum absolute atomic E-state index is 11.9. The van der Waals surface area contributed by atoms with Gasteiger partial charge in [-0.05, 0) is 25.7 Å². The molecular formula is C13H24N2O2. The summed E-state index contributed by atoms with van der Waals surface area (Å²) in [5, 5.41) is 6.44. The molecule has 0 bridgehead atoms. The topological polar surface area (TPSA) is 50.4 Å². The molecule has 1 amide bonds. The zero-order chi connectivity index (χ0) is 12.1. The van der Waals surface area contributed by atoms with Crippen LogP contribution in [0.15, 0.2) is 0 Å². The Balaban J connectivity index is 1.68. The van der Waals surface area contributed by atoms with Gasteiger partial charge in [-0.1, -0.05) is 12.8 Å². The van der Waals surface area contributed by atoms with Crippen molar-refractivity contribution in [3.8, 4) is 0 Å². The number of carbonyl (C=O) groups excluding carboxylic acids is 1. The predicted molar refractivity (Wildman–Crippen MR) is 66.8 cm³/mol. The highest BCUT2D eigenvalue weighted by atomic mass is 16.5. The molecule has 1 unspecified atom stereocenters. The lowest BCUT2D eigenvalue weighted by atomic mass is 9.99. The normalized spacial score (nSPS) is 27.9. The molecule has 2 fully saturated rings. The van der Waals surface area contributed by atoms with E-state index in [0.717, 1.165) is 13.2 Å². The van der Waals surface area contributed by atoms with Gasteiger partial charge in [0.15, 0.2) is 0 Å². The molecule has 0 radical (unpaired) electrons. The summed E-state index contributed by atoms with van der Waals surface area (Å²) in [6, 6.07) is 0.522. The summed E-state index contributed by atoms with van der Waals surface area (Å²) in [6.45, 7) is 4.41. The first-order valence-corrected chi connectivity index (χ1v) is 6.86. The fourth-order valence-corrected chi connectivity index (χ4v) is 2.86. The number of hydrogen-bond acceptors (Lipinski definition) is 3. The molecule has 1 aliphatic heterocycles. The Morgan fingerprint density at radius 2 is 2.24 bits per heavy atom. The van der Waals surface area contributed by atoms with Crippen molar-refractivity contribution in [2.24, 2.45) is 5.92 Å². The van der Waals surface area contributed by atoms with Crippen LogP contribution in [0.2, 0.25) is 0 Å². The van der Waals surface area contributed by atoms with Crippen LogP contribution in [0.3, 0.4) is 0 Å². The minimum Gasteiger partial charge on any atom is -0.378 e. The van der Waals surface area contributed by atoms with Crippen LogP contribution in [-0.2, 0) is 9.53 Å². The third-order valence-electron chi connectivity index (χ3n) is 3.93. The number of carbonyl (C=O) groups is 1. The van der Waals surface area contributed by atoms with Crippen LogP contribution in [0.25, 0.3) is 0 Å². The zero-order valence-electron chi connectivity index (χ0n) is 10.7. The molecule has 98 valence electrons. The first kappa shape index (κ1) is 12.8. The second-order valence-electron chi connectivity index (χ2n) is 5.33. The molecule has 0 aromatic heterocycles. The Morgan fingerprint density at radius 3 is 2.88 bits per heavy atom. The Morgan fingerprint density at radius 1 is 1.47 bits per heavy atom. The molecule has 2 rings (SSSR count). The lowest BCUT2D eigenvalue weighted by Gasteiger charge is -2.25. The third-order valence-corrected chi connectivity index (χ3v) is 3.93. The van der Waals surface area contributed by atoms with Gasteiger partial charge in [0.25, 0.3) is 0 Å². The molecule has 1 heterocycles. The molecule has 0 spiro atoms. The lowest BCUT2D eigenvalue weighted by molar-refractivity contribution is -0.123. The number of rotatable bonds is 4. The van der Waals surface area contributed by atoms with Crippen LogP contribution in [0, 0.1) is 5.92 Å². The van der Waals surface area contributed by atoms with E-state index in [1.165, 1.54) is 25.7 Å². The van der Waals surface area contributed by atoms with Crippen molar-refractivity contribution in [3.63, 3.8) is 0 Å². The van der Waals surface area contributed by atoms with Crippen molar-refractivity contribution in [1.82, 2.24) is 10.6 Å². The summed E-state index contributed by atoms with van der Waals surface area (Å²) in [5.74, 6) is 0.849. The average Bonchev–Trinajstić information content (AvgIpc) is 2.83. The first-order valence-electron chi connectivity index (χ1n) is 6.86. The van der Waals surface area contributed by atoms with E-state index < -0.39 is 0 Å². The molecular weight excluding hydrogens is 216 g/mol. The van der Waals surface area contributed by atoms with Gasteiger partial charge in [0.2, 0.25) is 5.91 Å². The number of hydrogen-bond donors (Lipinski definition) is 2. The molecule has 2 atom stereocenters. The highest BCUT2D eigenvalue weighted by Crippen LogP contribution is 2.27. The minimum absolute atomic E-state index is 0.160. The second kappa shape index (κ2) is 6.36. The molecule has 0 aromatic rings. The second-order valence-corrected chi connectivity index (χ2v) is 5.33. The van der Waals surface area contributed by atoms with Crippen molar-refractivity contribution >= 4 is 5.91 Å². The Labute approximate surface area is 103 Å². The Bertz CT molecular complexity index is 246. The van der Waals surface area contributed by atoms with Gasteiger partial charge in [0.05, 0.1) is 13.2 Å². The predicted octanol–water partition coefficient (Wildman–Crippen LogP) is 1.06. The zero-order valence-corrected chi connectivity index (χ0v) is 10.7. The Kier molecular flexibility index (Phi) is 4.80. The maximum atomic E-state index is 11.9. The van der Waals surface area contributed by atoms with Crippen molar-refractivity contribution in [2.45, 2.75) is 51.1 Å². The van der Waals surface area contributed by atoms with Gasteiger partial charge in [0, 0.05) is 25.0 Å². The number of morpholine rings is 1. The fourth-order valence-electron chi connectivity index (χ4n) is 2.86. The molecule has 17 heavy (non-hydrogen) atoms. The van der Waals surface area contributed by atoms with Crippen LogP contribution in [0.1, 0.15) is 39.0 Å². The Hall–Kier alpha value is -0.610. The van der Waals surface area contributed by atoms with Crippen LogP contribution < -0.4 is 10.6 Å². The smallest absolute Gasteiger partial charge is 0.221 e. The van der Waals surface area contributed by atoms with Crippen LogP contribution in [0.5, 0.6) is 0 Å². The van der Waals surface area contributed by atoms with Gasteiger partial charge in [-0.2, -0.15) is 0 Å². The van der Waals surface area contributed by atoms with E-state index in [1.807, 2.05) is 0 Å². The highest BCUT2D eigenvalue weighted by molar-refractivity contribution is 5.76. The summed E-state index contributed by atoms with van der Waals surface area (Å²) in [5.41, 5.74) is 0. The third kappa shape index (κ3) is 3.96. The van der Waals surface area contributed by atoms with Crippen molar-refractivity contribution in [3.05, 3.63) is 0 Å². The van der Waals surface area contributed by atoms with Crippen molar-refractivity contribution in [2.75, 3.05) is 19.8 Å². The van der Waals surface area contributed by atoms with E-state index in [9.17, 15) is 4.79 Å². The fraction of sp³-hybridized carbons (Fsp3) is 0.923. The largest absolute Gasteiger partial charge is 0.378 e. The van der Waals surface area contributed by atoms with Gasteiger partial charge in [-0.15, -0.1) is 0 Å². The van der Waals surface area contributed by atoms with Gasteiger partial charge < -0.3 is 15.4 Å². The quantitative estimate of drug-likeness (QED) is 0.772. The molecule has 1 aliphatic carbocycles. The summed E-state index contributed by atoms with van der Waals surface area (Å²) in [7, 11) is 0. The first-order chi connectivity index (χ1) is 8.25. The van der Waals surface area contributed by atoms with E-state index in [2.05, 4.69) is 17.6 Å². The average molecular weight is 240 g/mol. The van der Waals surface area contributed by atoms with Crippen LogP contribution in [0.4, 0.5) is 0 Å². The van der Waals surface area contributed by atoms with Gasteiger partial charge in [0.1, 0.15) is 0 Å². The van der Waals surface area contributed by atoms with E-state index in [4.69, 9.17) is 4.74 Å². The molecule has 4 heteroatoms. The van der Waals surface area contributed by atoms with Gasteiger partial charge in [-0.3, -0.25) is 4.79 Å². The number of amides is 1. The molecule has 4 nitrogen and oxygen atoms in total. The lowest BCUT2D eigenvalue weighted by Crippen LogP contribution is -2.46. The van der Waals surface area contributed by atoms with Crippen molar-refractivity contribution < 1.29 is 9.53 Å². The van der Waals surface area contributed by atoms with Gasteiger partial charge >= 0.3 is 0 Å². The van der Waals surface area contributed by atoms with Gasteiger partial charge in [-0.25, -0.2) is 0 Å². The summed E-state index contributed by atoms with van der Waals surface area (Å²) >= 11 is 0. The van der Waals surface area contributed by atoms with Crippen LogP contribution >= 0.6 is 0 Å². The SMILES string of the molecule is C[C@H](NC(=O)CC1COCCN1)C1CCCC1. The summed E-state index contributed by atoms with van der Waals surface area (Å²) in [4.78, 5) is 11.9. The summed E-state index contributed by atoms with van der Waals surface area (Å²) < 4.78 is 5.35. The number of ether oxygens (including phenoxy) is 1. The molecule has 1 saturated heterocycles. The minimum atomic E-state index is 0.160. The van der Waals surface area contributed by atoms with E-state index in [1.54, 1.807) is 0 Å². The highest BCUT2D eigenvalue weighted by Gasteiger charge is 2.24. The molecule has 0 aromatic carbocycles. The van der Waals surface area contributed by atoms with Crippen LogP contribution in [-0.4, -0.2) is 37.7 Å². The molecule has 2 N–H and O–H groups in total. The van der Waals surface area contributed by atoms with E-state index in [-0.39, 0.29) is 11.9 Å². The van der Waals surface area contributed by atoms with Crippen molar-refractivity contribution in [1.29, 1.82) is 0 Å². The maximum Gasteiger partial charge on any atom is 0.221 e. The van der Waals surface area contributed by atoms with E-state index in [0.29, 0.717) is 25.0 Å². The van der Waals surface area contributed by atoms with E-state index >= 15 is 0 Å². The standard InChI is InChI=1S/C13H24N2O2/c1-10(11-4-2-3-5-11)15-13(16)8-12-9-17-7-6-14-12/h10-12,14H,2-9H2,1H3,(H,15,16)/t10-,12?/m0/s1. The number of nitrogens with one attached hydrogen (secondary N) is 2. The molecule has 1 saturated carbocycles. The molecule has 2 aliphatic rings. The summed E-state index contributed by atoms with van der Waals surface area (Å²) in [6.07, 6.45) is 5.72. The monoisotopic (exact) mass is 240 g/mol.